The summed E-state index contributed by atoms with van der Waals surface area (Å²) in [5.41, 5.74) is 7.40. The molecule has 2 aromatic heterocycles. The Labute approximate surface area is 223 Å². The van der Waals surface area contributed by atoms with E-state index in [1.165, 1.54) is 48.2 Å². The SMILES string of the molecule is O=C(CSc1nc2ccccc2n2cnnc12)Nc1ccc(C(=O)NNC(=O)c2ccc([N+](=O)[O-])cc2)cc1. The third-order valence-electron chi connectivity index (χ3n) is 5.50. The molecule has 0 radical (unpaired) electrons. The van der Waals surface area contributed by atoms with Crippen LogP contribution in [0.5, 0.6) is 0 Å². The van der Waals surface area contributed by atoms with E-state index in [1.807, 2.05) is 28.7 Å². The Balaban J connectivity index is 1.14. The van der Waals surface area contributed by atoms with Gasteiger partial charge in [-0.25, -0.2) is 4.98 Å². The van der Waals surface area contributed by atoms with Crippen LogP contribution in [-0.2, 0) is 4.79 Å². The highest BCUT2D eigenvalue weighted by Gasteiger charge is 2.14. The number of carbonyl (C=O) groups excluding carboxylic acids is 3. The molecular weight excluding hydrogens is 524 g/mol. The largest absolute Gasteiger partial charge is 0.325 e. The Kier molecular flexibility index (Phi) is 7.09. The molecule has 13 nitrogen and oxygen atoms in total. The number of benzene rings is 3. The van der Waals surface area contributed by atoms with Gasteiger partial charge in [0, 0.05) is 28.9 Å². The zero-order chi connectivity index (χ0) is 27.4. The van der Waals surface area contributed by atoms with Gasteiger partial charge in [0.1, 0.15) is 11.4 Å². The molecule has 0 spiro atoms. The summed E-state index contributed by atoms with van der Waals surface area (Å²) in [6.07, 6.45) is 1.60. The first-order valence-corrected chi connectivity index (χ1v) is 12.3. The monoisotopic (exact) mass is 542 g/mol. The highest BCUT2D eigenvalue weighted by molar-refractivity contribution is 8.00. The first-order chi connectivity index (χ1) is 18.9. The van der Waals surface area contributed by atoms with E-state index in [-0.39, 0.29) is 28.5 Å². The van der Waals surface area contributed by atoms with Crippen LogP contribution in [0.2, 0.25) is 0 Å². The number of rotatable bonds is 7. The van der Waals surface area contributed by atoms with Crippen molar-refractivity contribution in [3.05, 3.63) is 100 Å². The summed E-state index contributed by atoms with van der Waals surface area (Å²) in [6, 6.07) is 18.6. The summed E-state index contributed by atoms with van der Waals surface area (Å²) in [6.45, 7) is 0. The maximum Gasteiger partial charge on any atom is 0.269 e. The fourth-order valence-electron chi connectivity index (χ4n) is 3.60. The molecule has 0 aliphatic rings. The van der Waals surface area contributed by atoms with Gasteiger partial charge < -0.3 is 5.32 Å². The van der Waals surface area contributed by atoms with Crippen molar-refractivity contribution in [2.24, 2.45) is 0 Å². The molecule has 14 heteroatoms. The number of hydrogen-bond donors (Lipinski definition) is 3. The van der Waals surface area contributed by atoms with Gasteiger partial charge in [-0.1, -0.05) is 23.9 Å². The molecule has 0 saturated heterocycles. The van der Waals surface area contributed by atoms with Crippen LogP contribution in [0.15, 0.2) is 84.1 Å². The Bertz CT molecular complexity index is 1720. The summed E-state index contributed by atoms with van der Waals surface area (Å²) in [4.78, 5) is 51.8. The van der Waals surface area contributed by atoms with Crippen LogP contribution < -0.4 is 16.2 Å². The fourth-order valence-corrected chi connectivity index (χ4v) is 4.38. The number of nitro benzene ring substituents is 1. The number of nitro groups is 1. The maximum absolute atomic E-state index is 12.5. The van der Waals surface area contributed by atoms with Gasteiger partial charge in [0.25, 0.3) is 17.5 Å². The number of fused-ring (bicyclic) bond motifs is 3. The Hall–Kier alpha value is -5.37. The number of amides is 3. The molecule has 0 aliphatic carbocycles. The minimum Gasteiger partial charge on any atom is -0.325 e. The number of non-ortho nitro benzene ring substituents is 1. The smallest absolute Gasteiger partial charge is 0.269 e. The van der Waals surface area contributed by atoms with Gasteiger partial charge in [-0.05, 0) is 48.5 Å². The molecule has 0 bridgehead atoms. The Morgan fingerprint density at radius 1 is 0.897 bits per heavy atom. The second-order valence-electron chi connectivity index (χ2n) is 8.06. The molecule has 5 aromatic rings. The van der Waals surface area contributed by atoms with Crippen molar-refractivity contribution in [3.8, 4) is 0 Å². The summed E-state index contributed by atoms with van der Waals surface area (Å²) in [5.74, 6) is -1.42. The van der Waals surface area contributed by atoms with E-state index in [9.17, 15) is 24.5 Å². The molecule has 0 aliphatic heterocycles. The number of hydrazine groups is 1. The number of anilines is 1. The first-order valence-electron chi connectivity index (χ1n) is 11.4. The maximum atomic E-state index is 12.5. The molecule has 3 amide bonds. The van der Waals surface area contributed by atoms with Gasteiger partial charge in [0.15, 0.2) is 5.65 Å². The van der Waals surface area contributed by atoms with Crippen LogP contribution in [0.1, 0.15) is 20.7 Å². The zero-order valence-corrected chi connectivity index (χ0v) is 20.7. The molecule has 194 valence electrons. The number of thioether (sulfide) groups is 1. The quantitative estimate of drug-likeness (QED) is 0.159. The van der Waals surface area contributed by atoms with Gasteiger partial charge in [0.2, 0.25) is 5.91 Å². The average Bonchev–Trinajstić information content (AvgIpc) is 3.45. The number of hydrogen-bond acceptors (Lipinski definition) is 9. The molecule has 0 atom stereocenters. The van der Waals surface area contributed by atoms with E-state index in [4.69, 9.17) is 0 Å². The van der Waals surface area contributed by atoms with Gasteiger partial charge in [-0.2, -0.15) is 0 Å². The van der Waals surface area contributed by atoms with Crippen LogP contribution in [0.3, 0.4) is 0 Å². The number of nitrogens with one attached hydrogen (secondary N) is 3. The van der Waals surface area contributed by atoms with Crippen molar-refractivity contribution < 1.29 is 19.3 Å². The number of nitrogens with zero attached hydrogens (tertiary/aromatic N) is 5. The first kappa shape index (κ1) is 25.3. The van der Waals surface area contributed by atoms with Crippen LogP contribution in [0.25, 0.3) is 16.7 Å². The lowest BCUT2D eigenvalue weighted by Crippen LogP contribution is -2.41. The number of aromatic nitrogens is 4. The second-order valence-corrected chi connectivity index (χ2v) is 9.02. The van der Waals surface area contributed by atoms with Crippen LogP contribution in [0.4, 0.5) is 11.4 Å². The molecule has 39 heavy (non-hydrogen) atoms. The summed E-state index contributed by atoms with van der Waals surface area (Å²) in [7, 11) is 0. The van der Waals surface area contributed by atoms with Crippen LogP contribution >= 0.6 is 11.8 Å². The Morgan fingerprint density at radius 2 is 1.54 bits per heavy atom. The van der Waals surface area contributed by atoms with Gasteiger partial charge in [-0.15, -0.1) is 10.2 Å². The zero-order valence-electron chi connectivity index (χ0n) is 19.9. The molecule has 3 N–H and O–H groups in total. The van der Waals surface area contributed by atoms with E-state index in [0.29, 0.717) is 16.4 Å². The lowest BCUT2D eigenvalue weighted by atomic mass is 10.2. The molecule has 0 unspecified atom stereocenters. The van der Waals surface area contributed by atoms with Crippen molar-refractivity contribution in [1.82, 2.24) is 30.4 Å². The molecular formula is C25H18N8O5S. The van der Waals surface area contributed by atoms with Crippen molar-refractivity contribution in [1.29, 1.82) is 0 Å². The van der Waals surface area contributed by atoms with Crippen molar-refractivity contribution in [3.63, 3.8) is 0 Å². The predicted molar refractivity (Wildman–Crippen MR) is 142 cm³/mol. The van der Waals surface area contributed by atoms with E-state index >= 15 is 0 Å². The molecule has 5 rings (SSSR count). The van der Waals surface area contributed by atoms with Crippen molar-refractivity contribution in [2.75, 3.05) is 11.1 Å². The van der Waals surface area contributed by atoms with Gasteiger partial charge in [-0.3, -0.25) is 39.8 Å². The van der Waals surface area contributed by atoms with Crippen LogP contribution in [-0.4, -0.2) is 48.0 Å². The molecule has 2 heterocycles. The molecule has 3 aromatic carbocycles. The third-order valence-corrected chi connectivity index (χ3v) is 6.46. The molecule has 0 saturated carbocycles. The van der Waals surface area contributed by atoms with Crippen LogP contribution in [0, 0.1) is 10.1 Å². The topological polar surface area (TPSA) is 174 Å². The summed E-state index contributed by atoms with van der Waals surface area (Å²) < 4.78 is 1.82. The fraction of sp³-hybridized carbons (Fsp3) is 0.0400. The summed E-state index contributed by atoms with van der Waals surface area (Å²) >= 11 is 1.23. The highest BCUT2D eigenvalue weighted by Crippen LogP contribution is 2.24. The third kappa shape index (κ3) is 5.65. The van der Waals surface area contributed by atoms with Crippen molar-refractivity contribution in [2.45, 2.75) is 5.03 Å². The van der Waals surface area contributed by atoms with Crippen molar-refractivity contribution >= 4 is 57.5 Å². The Morgan fingerprint density at radius 3 is 2.21 bits per heavy atom. The predicted octanol–water partition coefficient (Wildman–Crippen LogP) is 2.99. The second kappa shape index (κ2) is 10.9. The van der Waals surface area contributed by atoms with Gasteiger partial charge >= 0.3 is 0 Å². The summed E-state index contributed by atoms with van der Waals surface area (Å²) in [5, 5.41) is 22.1. The lowest BCUT2D eigenvalue weighted by Gasteiger charge is -2.09. The average molecular weight is 543 g/mol. The van der Waals surface area contributed by atoms with E-state index in [2.05, 4.69) is 31.3 Å². The number of carbonyl (C=O) groups is 3. The minimum absolute atomic E-state index is 0.0742. The highest BCUT2D eigenvalue weighted by atomic mass is 32.2. The van der Waals surface area contributed by atoms with E-state index in [0.717, 1.165) is 11.0 Å². The standard InChI is InChI=1S/C25H18N8O5S/c34-21(13-39-25-22-29-26-14-32(22)20-4-2-1-3-19(20)28-25)27-17-9-5-15(6-10-17)23(35)30-31-24(36)16-7-11-18(12-8-16)33(37)38/h1-12,14H,13H2,(H,27,34)(H,30,35)(H,31,36). The van der Waals surface area contributed by atoms with E-state index in [1.54, 1.807) is 18.5 Å². The van der Waals surface area contributed by atoms with Gasteiger partial charge in [0.05, 0.1) is 21.7 Å². The van der Waals surface area contributed by atoms with E-state index < -0.39 is 16.7 Å². The lowest BCUT2D eigenvalue weighted by molar-refractivity contribution is -0.384. The minimum atomic E-state index is -0.635. The molecule has 0 fully saturated rings. The number of para-hydroxylation sites is 2. The normalized spacial score (nSPS) is 10.8.